The zero-order valence-electron chi connectivity index (χ0n) is 15.4. The molecule has 3 rings (SSSR count). The first-order valence-electron chi connectivity index (χ1n) is 8.57. The summed E-state index contributed by atoms with van der Waals surface area (Å²) in [6, 6.07) is 12.2. The van der Waals surface area contributed by atoms with Crippen LogP contribution in [0.5, 0.6) is 5.75 Å². The zero-order chi connectivity index (χ0) is 20.8. The minimum Gasteiger partial charge on any atom is -0.493 e. The molecule has 2 aromatic carbocycles. The van der Waals surface area contributed by atoms with Gasteiger partial charge in [0.25, 0.3) is 0 Å². The first-order valence-corrected chi connectivity index (χ1v) is 10.7. The Bertz CT molecular complexity index is 996. The topological polar surface area (TPSA) is 69.0 Å². The third-order valence-corrected chi connectivity index (χ3v) is 5.92. The highest BCUT2D eigenvalue weighted by Crippen LogP contribution is 2.29. The van der Waals surface area contributed by atoms with Gasteiger partial charge >= 0.3 is 0 Å². The molecule has 1 aromatic heterocycles. The molecule has 0 unspecified atom stereocenters. The highest BCUT2D eigenvalue weighted by molar-refractivity contribution is 7.99. The van der Waals surface area contributed by atoms with Crippen molar-refractivity contribution in [2.45, 2.75) is 11.6 Å². The summed E-state index contributed by atoms with van der Waals surface area (Å²) in [6.07, 6.45) is 0.0637. The van der Waals surface area contributed by atoms with Crippen LogP contribution in [0.4, 0.5) is 5.69 Å². The highest BCUT2D eigenvalue weighted by Gasteiger charge is 2.15. The lowest BCUT2D eigenvalue weighted by atomic mass is 10.3. The van der Waals surface area contributed by atoms with E-state index in [0.717, 1.165) is 5.75 Å². The molecule has 0 bridgehead atoms. The van der Waals surface area contributed by atoms with Crippen molar-refractivity contribution in [2.24, 2.45) is 7.05 Å². The maximum Gasteiger partial charge on any atom is 0.232 e. The van der Waals surface area contributed by atoms with E-state index in [1.54, 1.807) is 34.9 Å². The van der Waals surface area contributed by atoms with Crippen LogP contribution in [0, 0.1) is 0 Å². The quantitative estimate of drug-likeness (QED) is 0.364. The monoisotopic (exact) mass is 470 g/mol. The molecule has 0 aliphatic heterocycles. The number of amides is 1. The Morgan fingerprint density at radius 2 is 1.90 bits per heavy atom. The van der Waals surface area contributed by atoms with Gasteiger partial charge in [0.1, 0.15) is 11.6 Å². The number of nitrogens with one attached hydrogen (secondary N) is 1. The van der Waals surface area contributed by atoms with E-state index in [2.05, 4.69) is 15.5 Å². The van der Waals surface area contributed by atoms with Crippen molar-refractivity contribution >= 4 is 58.2 Å². The van der Waals surface area contributed by atoms with Crippen LogP contribution in [-0.2, 0) is 18.3 Å². The number of halogens is 3. The van der Waals surface area contributed by atoms with E-state index >= 15 is 0 Å². The maximum absolute atomic E-state index is 12.3. The van der Waals surface area contributed by atoms with Crippen LogP contribution in [0.1, 0.15) is 5.82 Å². The Morgan fingerprint density at radius 1 is 1.14 bits per heavy atom. The van der Waals surface area contributed by atoms with Gasteiger partial charge < -0.3 is 14.6 Å². The number of rotatable bonds is 8. The van der Waals surface area contributed by atoms with Crippen molar-refractivity contribution in [2.75, 3.05) is 17.7 Å². The lowest BCUT2D eigenvalue weighted by Gasteiger charge is -2.08. The molecule has 0 fully saturated rings. The lowest BCUT2D eigenvalue weighted by molar-refractivity contribution is -0.115. The van der Waals surface area contributed by atoms with Gasteiger partial charge in [-0.15, -0.1) is 10.2 Å². The molecule has 6 nitrogen and oxygen atoms in total. The van der Waals surface area contributed by atoms with Crippen molar-refractivity contribution < 1.29 is 9.53 Å². The van der Waals surface area contributed by atoms with Crippen LogP contribution in [-0.4, -0.2) is 33.0 Å². The summed E-state index contributed by atoms with van der Waals surface area (Å²) in [6.45, 7) is 0.502. The molecule has 3 aromatic rings. The molecule has 10 heteroatoms. The minimum atomic E-state index is -0.257. The molecular formula is C19H17Cl3N4O2S. The van der Waals surface area contributed by atoms with Gasteiger partial charge in [-0.25, -0.2) is 0 Å². The molecule has 0 saturated heterocycles. The van der Waals surface area contributed by atoms with Gasteiger partial charge in [0.05, 0.1) is 28.8 Å². The zero-order valence-corrected chi connectivity index (χ0v) is 18.4. The van der Waals surface area contributed by atoms with E-state index in [1.807, 2.05) is 19.2 Å². The van der Waals surface area contributed by atoms with E-state index in [9.17, 15) is 4.79 Å². The van der Waals surface area contributed by atoms with Crippen LogP contribution < -0.4 is 10.1 Å². The molecule has 0 radical (unpaired) electrons. The van der Waals surface area contributed by atoms with Gasteiger partial charge in [-0.05, 0) is 36.4 Å². The van der Waals surface area contributed by atoms with Gasteiger partial charge in [-0.1, -0.05) is 52.6 Å². The summed E-state index contributed by atoms with van der Waals surface area (Å²) in [5, 5.41) is 13.0. The van der Waals surface area contributed by atoms with Gasteiger partial charge in [0.2, 0.25) is 5.91 Å². The third kappa shape index (κ3) is 6.02. The van der Waals surface area contributed by atoms with E-state index in [0.29, 0.717) is 44.1 Å². The third-order valence-electron chi connectivity index (χ3n) is 3.87. The van der Waals surface area contributed by atoms with Gasteiger partial charge in [0, 0.05) is 17.8 Å². The predicted molar refractivity (Wildman–Crippen MR) is 117 cm³/mol. The Morgan fingerprint density at radius 3 is 2.66 bits per heavy atom. The van der Waals surface area contributed by atoms with Gasteiger partial charge in [-0.2, -0.15) is 0 Å². The second-order valence-corrected chi connectivity index (χ2v) is 8.22. The fourth-order valence-electron chi connectivity index (χ4n) is 2.39. The van der Waals surface area contributed by atoms with Crippen LogP contribution in [0.2, 0.25) is 15.1 Å². The first-order chi connectivity index (χ1) is 13.9. The molecule has 0 aliphatic carbocycles. The fraction of sp³-hybridized carbons (Fsp3) is 0.211. The van der Waals surface area contributed by atoms with Crippen molar-refractivity contribution in [3.63, 3.8) is 0 Å². The average Bonchev–Trinajstić information content (AvgIpc) is 3.03. The van der Waals surface area contributed by atoms with Crippen LogP contribution in [0.15, 0.2) is 47.6 Å². The molecule has 0 saturated carbocycles. The Labute approximate surface area is 187 Å². The second kappa shape index (κ2) is 10.2. The molecule has 1 N–H and O–H groups in total. The molecule has 1 heterocycles. The summed E-state index contributed by atoms with van der Waals surface area (Å²) >= 11 is 19.4. The molecule has 0 aliphatic rings. The molecule has 1 amide bonds. The van der Waals surface area contributed by atoms with Crippen LogP contribution >= 0.6 is 46.6 Å². The Balaban J connectivity index is 1.50. The van der Waals surface area contributed by atoms with Gasteiger partial charge in [0.15, 0.2) is 5.16 Å². The number of nitrogens with zero attached hydrogens (tertiary/aromatic N) is 3. The minimum absolute atomic E-state index is 0.0637. The summed E-state index contributed by atoms with van der Waals surface area (Å²) in [4.78, 5) is 12.3. The normalized spacial score (nSPS) is 10.8. The maximum atomic E-state index is 12.3. The SMILES string of the molecule is Cn1c(CC(=O)Nc2cccc(Cl)c2Cl)nnc1SCCOc1ccc(Cl)cc1. The summed E-state index contributed by atoms with van der Waals surface area (Å²) in [5.74, 6) is 1.72. The number of hydrogen-bond acceptors (Lipinski definition) is 5. The smallest absolute Gasteiger partial charge is 0.232 e. The number of aromatic nitrogens is 3. The van der Waals surface area contributed by atoms with Crippen molar-refractivity contribution in [1.29, 1.82) is 0 Å². The second-order valence-electron chi connectivity index (χ2n) is 5.93. The number of carbonyl (C=O) groups excluding carboxylic acids is 1. The van der Waals surface area contributed by atoms with Crippen molar-refractivity contribution in [3.05, 3.63) is 63.4 Å². The number of anilines is 1. The molecule has 29 heavy (non-hydrogen) atoms. The Hall–Kier alpha value is -1.93. The first kappa shape index (κ1) is 21.8. The molecular weight excluding hydrogens is 455 g/mol. The number of hydrogen-bond donors (Lipinski definition) is 1. The van der Waals surface area contributed by atoms with E-state index in [4.69, 9.17) is 39.5 Å². The standard InChI is InChI=1S/C19H17Cl3N4O2S/c1-26-16(11-17(27)23-15-4-2-3-14(21)18(15)22)24-25-19(26)29-10-9-28-13-7-5-12(20)6-8-13/h2-8H,9-11H2,1H3,(H,23,27). The van der Waals surface area contributed by atoms with E-state index < -0.39 is 0 Å². The number of benzene rings is 2. The number of ether oxygens (including phenoxy) is 1. The summed E-state index contributed by atoms with van der Waals surface area (Å²) < 4.78 is 7.44. The highest BCUT2D eigenvalue weighted by atomic mass is 35.5. The van der Waals surface area contributed by atoms with Crippen LogP contribution in [0.25, 0.3) is 0 Å². The molecule has 0 atom stereocenters. The summed E-state index contributed by atoms with van der Waals surface area (Å²) in [7, 11) is 1.82. The fourth-order valence-corrected chi connectivity index (χ4v) is 3.61. The number of carbonyl (C=O) groups is 1. The Kier molecular flexibility index (Phi) is 7.66. The number of thioether (sulfide) groups is 1. The van der Waals surface area contributed by atoms with Crippen LogP contribution in [0.3, 0.4) is 0 Å². The summed E-state index contributed by atoms with van der Waals surface area (Å²) in [5.41, 5.74) is 0.459. The van der Waals surface area contributed by atoms with Crippen molar-refractivity contribution in [1.82, 2.24) is 14.8 Å². The van der Waals surface area contributed by atoms with E-state index in [1.165, 1.54) is 11.8 Å². The van der Waals surface area contributed by atoms with Gasteiger partial charge in [-0.3, -0.25) is 4.79 Å². The molecule has 0 spiro atoms. The van der Waals surface area contributed by atoms with Crippen molar-refractivity contribution in [3.8, 4) is 5.75 Å². The molecule has 152 valence electrons. The average molecular weight is 472 g/mol. The predicted octanol–water partition coefficient (Wildman–Crippen LogP) is 5.13. The van der Waals surface area contributed by atoms with E-state index in [-0.39, 0.29) is 12.3 Å². The largest absolute Gasteiger partial charge is 0.493 e. The lowest BCUT2D eigenvalue weighted by Crippen LogP contribution is -2.17.